The van der Waals surface area contributed by atoms with E-state index in [0.717, 1.165) is 23.3 Å². The van der Waals surface area contributed by atoms with Gasteiger partial charge in [0.25, 0.3) is 0 Å². The lowest BCUT2D eigenvalue weighted by Gasteiger charge is -1.98. The Kier molecular flexibility index (Phi) is 3.21. The molecule has 2 nitrogen and oxygen atoms in total. The molecule has 0 saturated carbocycles. The number of rotatable bonds is 2. The van der Waals surface area contributed by atoms with Gasteiger partial charge in [-0.25, -0.2) is 4.98 Å². The molecule has 0 bridgehead atoms. The van der Waals surface area contributed by atoms with Crippen LogP contribution in [0, 0.1) is 0 Å². The van der Waals surface area contributed by atoms with Crippen LogP contribution in [0.25, 0.3) is 22.4 Å². The lowest BCUT2D eigenvalue weighted by molar-refractivity contribution is 1.14. The molecule has 0 aliphatic heterocycles. The van der Waals surface area contributed by atoms with Crippen molar-refractivity contribution in [2.24, 2.45) is 0 Å². The first-order valence-electron chi connectivity index (χ1n) is 6.12. The van der Waals surface area contributed by atoms with Gasteiger partial charge in [-0.2, -0.15) is 0 Å². The molecule has 1 aromatic heterocycles. The number of hydrogen-bond acceptors (Lipinski definition) is 1. The largest absolute Gasteiger partial charge is 0.337 e. The summed E-state index contributed by atoms with van der Waals surface area (Å²) in [5, 5.41) is 1.23. The van der Waals surface area contributed by atoms with Crippen LogP contribution in [0.2, 0.25) is 10.0 Å². The summed E-state index contributed by atoms with van der Waals surface area (Å²) in [7, 11) is 0. The maximum Gasteiger partial charge on any atom is 0.138 e. The average molecular weight is 291 g/mol. The van der Waals surface area contributed by atoms with Crippen LogP contribution in [-0.4, -0.2) is 9.97 Å². The molecule has 96 valence electrons. The third kappa shape index (κ3) is 2.22. The number of fused-ring (bicyclic) bond motifs is 1. The summed E-state index contributed by atoms with van der Waals surface area (Å²) in [6.07, 6.45) is 1.03. The Bertz CT molecular complexity index is 691. The molecule has 0 radical (unpaired) electrons. The Labute approximate surface area is 121 Å². The van der Waals surface area contributed by atoms with E-state index >= 15 is 0 Å². The minimum absolute atomic E-state index is 0.604. The van der Waals surface area contributed by atoms with Crippen LogP contribution in [-0.2, 0) is 6.42 Å². The van der Waals surface area contributed by atoms with Crippen molar-refractivity contribution in [1.82, 2.24) is 9.97 Å². The fourth-order valence-corrected chi connectivity index (χ4v) is 2.46. The van der Waals surface area contributed by atoms with Crippen LogP contribution in [0.1, 0.15) is 12.5 Å². The minimum atomic E-state index is 0.604. The van der Waals surface area contributed by atoms with E-state index in [4.69, 9.17) is 23.2 Å². The van der Waals surface area contributed by atoms with Crippen LogP contribution in [0.3, 0.4) is 0 Å². The fraction of sp³-hybridized carbons (Fsp3) is 0.133. The number of H-pyrrole nitrogens is 1. The first-order chi connectivity index (χ1) is 9.19. The third-order valence-electron chi connectivity index (χ3n) is 3.18. The zero-order valence-electron chi connectivity index (χ0n) is 10.4. The second-order valence-corrected chi connectivity index (χ2v) is 5.20. The average Bonchev–Trinajstić information content (AvgIpc) is 2.89. The third-order valence-corrected chi connectivity index (χ3v) is 3.80. The zero-order chi connectivity index (χ0) is 13.4. The van der Waals surface area contributed by atoms with E-state index in [0.29, 0.717) is 15.6 Å². The summed E-state index contributed by atoms with van der Waals surface area (Å²) in [6.45, 7) is 2.13. The molecular weight excluding hydrogens is 279 g/mol. The number of halogens is 2. The summed E-state index contributed by atoms with van der Waals surface area (Å²) >= 11 is 12.3. The SMILES string of the molecule is CCc1ccc(-c2nc3c(Cl)ccc(Cl)c3[nH]2)cc1. The lowest BCUT2D eigenvalue weighted by Crippen LogP contribution is -1.82. The predicted molar refractivity (Wildman–Crippen MR) is 80.9 cm³/mol. The Hall–Kier alpha value is -1.51. The number of aromatic amines is 1. The highest BCUT2D eigenvalue weighted by molar-refractivity contribution is 6.39. The van der Waals surface area contributed by atoms with Crippen LogP contribution >= 0.6 is 23.2 Å². The van der Waals surface area contributed by atoms with Crippen molar-refractivity contribution >= 4 is 34.2 Å². The molecule has 19 heavy (non-hydrogen) atoms. The van der Waals surface area contributed by atoms with Gasteiger partial charge in [0.15, 0.2) is 0 Å². The van der Waals surface area contributed by atoms with E-state index in [1.807, 2.05) is 0 Å². The van der Waals surface area contributed by atoms with E-state index in [9.17, 15) is 0 Å². The highest BCUT2D eigenvalue weighted by atomic mass is 35.5. The molecule has 0 amide bonds. The molecule has 1 heterocycles. The molecule has 0 spiro atoms. The second-order valence-electron chi connectivity index (χ2n) is 4.39. The molecule has 0 aliphatic rings. The summed E-state index contributed by atoms with van der Waals surface area (Å²) < 4.78 is 0. The van der Waals surface area contributed by atoms with Crippen molar-refractivity contribution in [3.63, 3.8) is 0 Å². The number of aromatic nitrogens is 2. The monoisotopic (exact) mass is 290 g/mol. The molecule has 0 saturated heterocycles. The quantitative estimate of drug-likeness (QED) is 0.699. The topological polar surface area (TPSA) is 28.7 Å². The van der Waals surface area contributed by atoms with Gasteiger partial charge in [-0.05, 0) is 24.1 Å². The number of benzene rings is 2. The molecule has 0 atom stereocenters. The molecule has 0 fully saturated rings. The molecule has 3 rings (SSSR count). The minimum Gasteiger partial charge on any atom is -0.337 e. The Morgan fingerprint density at radius 3 is 2.32 bits per heavy atom. The van der Waals surface area contributed by atoms with Crippen molar-refractivity contribution < 1.29 is 0 Å². The van der Waals surface area contributed by atoms with Crippen molar-refractivity contribution in [1.29, 1.82) is 0 Å². The van der Waals surface area contributed by atoms with Gasteiger partial charge in [0, 0.05) is 5.56 Å². The fourth-order valence-electron chi connectivity index (χ4n) is 2.06. The summed E-state index contributed by atoms with van der Waals surface area (Å²) in [4.78, 5) is 7.76. The van der Waals surface area contributed by atoms with Crippen LogP contribution in [0.15, 0.2) is 36.4 Å². The maximum atomic E-state index is 6.15. The normalized spacial score (nSPS) is 11.1. The zero-order valence-corrected chi connectivity index (χ0v) is 11.9. The number of nitrogens with one attached hydrogen (secondary N) is 1. The molecule has 1 N–H and O–H groups in total. The highest BCUT2D eigenvalue weighted by Gasteiger charge is 2.10. The van der Waals surface area contributed by atoms with Gasteiger partial charge in [0.05, 0.1) is 15.6 Å². The van der Waals surface area contributed by atoms with Crippen LogP contribution in [0.4, 0.5) is 0 Å². The Morgan fingerprint density at radius 2 is 1.68 bits per heavy atom. The van der Waals surface area contributed by atoms with Crippen LogP contribution in [0.5, 0.6) is 0 Å². The summed E-state index contributed by atoms with van der Waals surface area (Å²) in [6, 6.07) is 11.8. The van der Waals surface area contributed by atoms with Gasteiger partial charge >= 0.3 is 0 Å². The van der Waals surface area contributed by atoms with E-state index < -0.39 is 0 Å². The lowest BCUT2D eigenvalue weighted by atomic mass is 10.1. The van der Waals surface area contributed by atoms with Crippen molar-refractivity contribution in [2.75, 3.05) is 0 Å². The van der Waals surface area contributed by atoms with Crippen molar-refractivity contribution in [3.8, 4) is 11.4 Å². The second kappa shape index (κ2) is 4.87. The van der Waals surface area contributed by atoms with Gasteiger partial charge in [-0.15, -0.1) is 0 Å². The van der Waals surface area contributed by atoms with E-state index in [-0.39, 0.29) is 0 Å². The van der Waals surface area contributed by atoms with E-state index in [2.05, 4.69) is 41.2 Å². The van der Waals surface area contributed by atoms with E-state index in [1.165, 1.54) is 5.56 Å². The first kappa shape index (κ1) is 12.5. The van der Waals surface area contributed by atoms with E-state index in [1.54, 1.807) is 12.1 Å². The van der Waals surface area contributed by atoms with Gasteiger partial charge < -0.3 is 4.98 Å². The van der Waals surface area contributed by atoms with Crippen molar-refractivity contribution in [3.05, 3.63) is 52.0 Å². The standard InChI is InChI=1S/C15H12Cl2N2/c1-2-9-3-5-10(6-4-9)15-18-13-11(16)7-8-12(17)14(13)19-15/h3-8H,2H2,1H3,(H,18,19). The Balaban J connectivity index is 2.14. The number of nitrogens with zero attached hydrogens (tertiary/aromatic N) is 1. The van der Waals surface area contributed by atoms with Crippen LogP contribution < -0.4 is 0 Å². The van der Waals surface area contributed by atoms with Gasteiger partial charge in [-0.1, -0.05) is 54.4 Å². The predicted octanol–water partition coefficient (Wildman–Crippen LogP) is 5.10. The molecule has 3 aromatic rings. The molecule has 2 aromatic carbocycles. The molecular formula is C15H12Cl2N2. The smallest absolute Gasteiger partial charge is 0.138 e. The molecule has 0 aliphatic carbocycles. The summed E-state index contributed by atoms with van der Waals surface area (Å²) in [5.74, 6) is 0.785. The first-order valence-corrected chi connectivity index (χ1v) is 6.87. The Morgan fingerprint density at radius 1 is 1.00 bits per heavy atom. The highest BCUT2D eigenvalue weighted by Crippen LogP contribution is 2.30. The number of imidazole rings is 1. The maximum absolute atomic E-state index is 6.15. The van der Waals surface area contributed by atoms with Gasteiger partial charge in [0.1, 0.15) is 11.3 Å². The van der Waals surface area contributed by atoms with Crippen molar-refractivity contribution in [2.45, 2.75) is 13.3 Å². The number of aryl methyl sites for hydroxylation is 1. The molecule has 0 unspecified atom stereocenters. The summed E-state index contributed by atoms with van der Waals surface area (Å²) in [5.41, 5.74) is 3.82. The molecule has 4 heteroatoms. The van der Waals surface area contributed by atoms with Gasteiger partial charge in [-0.3, -0.25) is 0 Å². The van der Waals surface area contributed by atoms with Gasteiger partial charge in [0.2, 0.25) is 0 Å². The number of hydrogen-bond donors (Lipinski definition) is 1.